The van der Waals surface area contributed by atoms with Crippen molar-refractivity contribution in [3.05, 3.63) is 101 Å². The molecule has 6 atom stereocenters. The van der Waals surface area contributed by atoms with Crippen LogP contribution in [0.2, 0.25) is 0 Å². The van der Waals surface area contributed by atoms with E-state index in [1.165, 1.54) is 12.1 Å². The van der Waals surface area contributed by atoms with Crippen molar-refractivity contribution >= 4 is 11.6 Å². The Bertz CT molecular complexity index is 1350. The number of nitrogens with zero attached hydrogens (tertiary/aromatic N) is 1. The average Bonchev–Trinajstić information content (AvgIpc) is 3.30. The number of halogens is 1. The molecule has 0 aromatic heterocycles. The normalized spacial score (nSPS) is 24.8. The third-order valence-electron chi connectivity index (χ3n) is 8.03. The SMILES string of the molecule is C#Cc1ccc(N2C(=O)[C@H](CC[C@H](O)c3ccc(F)cc3)C2C2=CC=CCC=C2)cc1C.CC[C@@H]1C[C@H](O)C[C@H](O)O1.CO. The molecule has 1 unspecified atom stereocenters. The Balaban J connectivity index is 0.000000372. The van der Waals surface area contributed by atoms with Gasteiger partial charge in [0.25, 0.3) is 0 Å². The van der Waals surface area contributed by atoms with Gasteiger partial charge in [0, 0.05) is 24.8 Å². The summed E-state index contributed by atoms with van der Waals surface area (Å²) < 4.78 is 18.3. The molecule has 2 aliphatic heterocycles. The maximum absolute atomic E-state index is 13.2. The van der Waals surface area contributed by atoms with Gasteiger partial charge in [-0.1, -0.05) is 55.4 Å². The molecule has 0 radical (unpaired) electrons. The second-order valence-electron chi connectivity index (χ2n) is 11.0. The highest BCUT2D eigenvalue weighted by molar-refractivity contribution is 6.04. The molecule has 2 heterocycles. The molecule has 2 saturated heterocycles. The number of aliphatic hydroxyl groups is 4. The van der Waals surface area contributed by atoms with E-state index in [2.05, 4.69) is 30.2 Å². The summed E-state index contributed by atoms with van der Waals surface area (Å²) in [7, 11) is 1.00. The van der Waals surface area contributed by atoms with Gasteiger partial charge in [0.2, 0.25) is 5.91 Å². The first-order valence-electron chi connectivity index (χ1n) is 15.0. The quantitative estimate of drug-likeness (QED) is 0.253. The second-order valence-corrected chi connectivity index (χ2v) is 11.0. The molecular weight excluding hydrogens is 561 g/mol. The van der Waals surface area contributed by atoms with Crippen molar-refractivity contribution < 1.29 is 34.3 Å². The zero-order valence-corrected chi connectivity index (χ0v) is 25.6. The summed E-state index contributed by atoms with van der Waals surface area (Å²) in [4.78, 5) is 15.1. The lowest BCUT2D eigenvalue weighted by Gasteiger charge is -2.48. The third kappa shape index (κ3) is 8.98. The van der Waals surface area contributed by atoms with Crippen LogP contribution in [0.1, 0.15) is 68.2 Å². The van der Waals surface area contributed by atoms with Crippen molar-refractivity contribution in [3.8, 4) is 12.3 Å². The Morgan fingerprint density at radius 3 is 2.48 bits per heavy atom. The van der Waals surface area contributed by atoms with E-state index in [1.54, 1.807) is 12.1 Å². The van der Waals surface area contributed by atoms with E-state index in [-0.39, 0.29) is 35.9 Å². The number of terminal acetylenes is 1. The van der Waals surface area contributed by atoms with Crippen LogP contribution in [0.5, 0.6) is 0 Å². The van der Waals surface area contributed by atoms with Gasteiger partial charge in [-0.25, -0.2) is 4.39 Å². The zero-order chi connectivity index (χ0) is 32.2. The molecule has 2 fully saturated rings. The largest absolute Gasteiger partial charge is 0.400 e. The number of anilines is 1. The number of carbonyl (C=O) groups excluding carboxylic acids is 1. The van der Waals surface area contributed by atoms with Gasteiger partial charge in [-0.05, 0) is 86.1 Å². The van der Waals surface area contributed by atoms with Gasteiger partial charge in [-0.2, -0.15) is 0 Å². The van der Waals surface area contributed by atoms with Crippen LogP contribution >= 0.6 is 0 Å². The van der Waals surface area contributed by atoms with Crippen LogP contribution < -0.4 is 4.90 Å². The van der Waals surface area contributed by atoms with Gasteiger partial charge >= 0.3 is 0 Å². The molecule has 5 rings (SSSR count). The van der Waals surface area contributed by atoms with Gasteiger partial charge in [0.05, 0.1) is 30.3 Å². The van der Waals surface area contributed by atoms with Crippen LogP contribution in [0.3, 0.4) is 0 Å². The highest BCUT2D eigenvalue weighted by Gasteiger charge is 2.48. The Morgan fingerprint density at radius 2 is 1.84 bits per heavy atom. The molecule has 0 saturated carbocycles. The lowest BCUT2D eigenvalue weighted by atomic mass is 9.77. The van der Waals surface area contributed by atoms with Crippen molar-refractivity contribution in [1.82, 2.24) is 0 Å². The summed E-state index contributed by atoms with van der Waals surface area (Å²) >= 11 is 0. The number of hydrogen-bond acceptors (Lipinski definition) is 6. The molecule has 7 nitrogen and oxygen atoms in total. The molecule has 3 aliphatic rings. The number of hydrogen-bond donors (Lipinski definition) is 4. The number of aryl methyl sites for hydroxylation is 1. The molecule has 2 aromatic carbocycles. The van der Waals surface area contributed by atoms with E-state index in [4.69, 9.17) is 26.5 Å². The molecule has 8 heteroatoms. The van der Waals surface area contributed by atoms with Gasteiger partial charge < -0.3 is 30.1 Å². The summed E-state index contributed by atoms with van der Waals surface area (Å²) in [5.41, 5.74) is 4.32. The second kappa shape index (κ2) is 17.0. The van der Waals surface area contributed by atoms with Crippen molar-refractivity contribution in [3.63, 3.8) is 0 Å². The molecule has 0 spiro atoms. The lowest BCUT2D eigenvalue weighted by Crippen LogP contribution is -2.62. The predicted octanol–water partition coefficient (Wildman–Crippen LogP) is 5.27. The van der Waals surface area contributed by atoms with Crippen LogP contribution in [0.4, 0.5) is 10.1 Å². The minimum absolute atomic E-state index is 0.0386. The summed E-state index contributed by atoms with van der Waals surface area (Å²) in [6.45, 7) is 3.93. The van der Waals surface area contributed by atoms with Crippen molar-refractivity contribution in [2.75, 3.05) is 12.0 Å². The van der Waals surface area contributed by atoms with Gasteiger partial charge in [-0.3, -0.25) is 4.79 Å². The summed E-state index contributed by atoms with van der Waals surface area (Å²) in [6.07, 6.45) is 17.7. The molecule has 4 N–H and O–H groups in total. The van der Waals surface area contributed by atoms with E-state index in [0.717, 1.165) is 42.3 Å². The number of rotatable bonds is 7. The maximum atomic E-state index is 13.2. The van der Waals surface area contributed by atoms with Crippen LogP contribution in [0.15, 0.2) is 78.4 Å². The molecule has 44 heavy (non-hydrogen) atoms. The number of amides is 1. The van der Waals surface area contributed by atoms with E-state index < -0.39 is 12.4 Å². The number of ether oxygens (including phenoxy) is 1. The first kappa shape index (κ1) is 34.9. The highest BCUT2D eigenvalue weighted by Crippen LogP contribution is 2.41. The number of β-lactam (4-membered cyclic amide) rings is 1. The Morgan fingerprint density at radius 1 is 1.11 bits per heavy atom. The Labute approximate surface area is 260 Å². The van der Waals surface area contributed by atoms with Crippen LogP contribution in [0.25, 0.3) is 0 Å². The topological polar surface area (TPSA) is 110 Å². The number of aliphatic hydroxyl groups excluding tert-OH is 4. The fourth-order valence-electron chi connectivity index (χ4n) is 5.67. The summed E-state index contributed by atoms with van der Waals surface area (Å²) in [5.74, 6) is 2.13. The Kier molecular flexibility index (Phi) is 13.5. The number of benzene rings is 2. The summed E-state index contributed by atoms with van der Waals surface area (Å²) in [5, 5.41) is 35.7. The molecule has 1 amide bonds. The molecule has 1 aliphatic carbocycles. The van der Waals surface area contributed by atoms with Crippen LogP contribution in [-0.2, 0) is 9.53 Å². The lowest BCUT2D eigenvalue weighted by molar-refractivity contribution is -0.189. The Hall–Kier alpha value is -3.58. The third-order valence-corrected chi connectivity index (χ3v) is 8.03. The maximum Gasteiger partial charge on any atom is 0.233 e. The minimum Gasteiger partial charge on any atom is -0.400 e. The summed E-state index contributed by atoms with van der Waals surface area (Å²) in [6, 6.07) is 11.5. The first-order chi connectivity index (χ1) is 21.2. The smallest absolute Gasteiger partial charge is 0.233 e. The predicted molar refractivity (Wildman–Crippen MR) is 170 cm³/mol. The van der Waals surface area contributed by atoms with Crippen molar-refractivity contribution in [2.24, 2.45) is 5.92 Å². The van der Waals surface area contributed by atoms with E-state index in [9.17, 15) is 14.3 Å². The van der Waals surface area contributed by atoms with E-state index >= 15 is 0 Å². The van der Waals surface area contributed by atoms with Gasteiger partial charge in [-0.15, -0.1) is 6.42 Å². The van der Waals surface area contributed by atoms with Gasteiger partial charge in [0.1, 0.15) is 5.82 Å². The van der Waals surface area contributed by atoms with Crippen LogP contribution in [-0.4, -0.2) is 58.0 Å². The van der Waals surface area contributed by atoms with Crippen molar-refractivity contribution in [2.45, 2.75) is 83.0 Å². The fraction of sp³-hybridized carbons (Fsp3) is 0.417. The molecular formula is C36H44FNO6. The monoisotopic (exact) mass is 605 g/mol. The standard InChI is InChI=1S/C28H26FNO2.C7H14O3.CH4O/c1-3-20-12-15-24(18-19(20)2)30-27(22-8-6-4-5-7-9-22)25(28(30)32)16-17-26(31)21-10-13-23(29)14-11-21;1-2-6-3-5(8)4-7(9)10-6;1-2/h1,4,6-15,18,25-27,31H,5,16-17H2,2H3;5-9H,2-4H2,1H3;2H,1H3/t25-,26+,27?;5-,6+,7+;/m10./s1. The van der Waals surface area contributed by atoms with Gasteiger partial charge in [0.15, 0.2) is 6.29 Å². The molecule has 0 bridgehead atoms. The van der Waals surface area contributed by atoms with E-state index in [0.29, 0.717) is 31.2 Å². The molecule has 236 valence electrons. The fourth-order valence-corrected chi connectivity index (χ4v) is 5.67. The van der Waals surface area contributed by atoms with Crippen molar-refractivity contribution in [1.29, 1.82) is 0 Å². The first-order valence-corrected chi connectivity index (χ1v) is 15.0. The van der Waals surface area contributed by atoms with Crippen LogP contribution in [0, 0.1) is 31.0 Å². The average molecular weight is 606 g/mol. The highest BCUT2D eigenvalue weighted by atomic mass is 19.1. The number of allylic oxidation sites excluding steroid dienone is 4. The minimum atomic E-state index is -0.756. The molecule has 2 aromatic rings. The number of carbonyl (C=O) groups is 1. The zero-order valence-electron chi connectivity index (χ0n) is 25.6. The van der Waals surface area contributed by atoms with E-state index in [1.807, 2.05) is 43.0 Å².